The maximum atomic E-state index is 13.1. The zero-order chi connectivity index (χ0) is 35.4. The maximum Gasteiger partial charge on any atom is 0.330 e. The Balaban J connectivity index is 1.35. The molecule has 1 saturated heterocycles. The van der Waals surface area contributed by atoms with Crippen molar-refractivity contribution in [2.45, 2.75) is 56.3 Å². The fraction of sp³-hybridized carbons (Fsp3) is 0.414. The predicted octanol–water partition coefficient (Wildman–Crippen LogP) is -2.20. The van der Waals surface area contributed by atoms with E-state index in [1.807, 2.05) is 0 Å². The molecule has 4 heterocycles. The molecule has 262 valence electrons. The van der Waals surface area contributed by atoms with Crippen LogP contribution in [0.2, 0.25) is 0 Å². The molecule has 2 aromatic heterocycles. The molecular formula is C29H35N9O11. The fourth-order valence-corrected chi connectivity index (χ4v) is 5.60. The monoisotopic (exact) mass is 685 g/mol. The number of anilines is 4. The number of nitrogen functional groups attached to an aromatic ring is 1. The van der Waals surface area contributed by atoms with Gasteiger partial charge in [0.1, 0.15) is 24.1 Å². The van der Waals surface area contributed by atoms with Crippen LogP contribution in [0.1, 0.15) is 41.4 Å². The molecule has 0 saturated carbocycles. The minimum Gasteiger partial charge on any atom is -0.481 e. The van der Waals surface area contributed by atoms with E-state index in [2.05, 4.69) is 30.9 Å². The summed E-state index contributed by atoms with van der Waals surface area (Å²) in [6, 6.07) is 4.15. The number of nitrogens with zero attached hydrogens (tertiary/aromatic N) is 3. The number of H-pyrrole nitrogens is 2. The maximum absolute atomic E-state index is 13.1. The molecule has 5 atom stereocenters. The average Bonchev–Trinajstić information content (AvgIpc) is 3.43. The summed E-state index contributed by atoms with van der Waals surface area (Å²) < 4.78 is 6.71. The number of ether oxygens (including phenoxy) is 1. The van der Waals surface area contributed by atoms with Gasteiger partial charge in [-0.05, 0) is 30.7 Å². The van der Waals surface area contributed by atoms with Gasteiger partial charge < -0.3 is 51.7 Å². The van der Waals surface area contributed by atoms with E-state index in [0.29, 0.717) is 5.69 Å². The summed E-state index contributed by atoms with van der Waals surface area (Å²) in [6.07, 6.45) is -2.35. The normalized spacial score (nSPS) is 20.6. The Hall–Kier alpha value is -5.73. The van der Waals surface area contributed by atoms with Gasteiger partial charge in [-0.2, -0.15) is 4.98 Å². The van der Waals surface area contributed by atoms with E-state index in [-0.39, 0.29) is 61.1 Å². The Kier molecular flexibility index (Phi) is 10.3. The van der Waals surface area contributed by atoms with Gasteiger partial charge in [0.25, 0.3) is 17.0 Å². The summed E-state index contributed by atoms with van der Waals surface area (Å²) in [7, 11) is 0. The van der Waals surface area contributed by atoms with E-state index in [0.717, 1.165) is 4.57 Å². The lowest BCUT2D eigenvalue weighted by Gasteiger charge is -2.38. The van der Waals surface area contributed by atoms with Crippen LogP contribution in [0.3, 0.4) is 0 Å². The van der Waals surface area contributed by atoms with E-state index in [1.54, 1.807) is 17.0 Å². The molecule has 20 heteroatoms. The highest BCUT2D eigenvalue weighted by Crippen LogP contribution is 2.30. The number of aromatic amines is 2. The standard InChI is InChI=1S/C29H35N9O11/c30-28-34-23-22(26(45)35-28)37(10-14-11-38(29(48)36-25(14)44)20-7-18(40)19(12-39)49-20)16(9-32-23)8-31-15-3-1-13(2-4-15)24(43)33-17(27(46)47)5-6-21(41)42/h1-4,11,16-20,31,39-40H,5-10,12H2,(H,33,43)(H,41,42)(H,46,47)(H,36,44,48)(H4,30,32,34,35,45). The van der Waals surface area contributed by atoms with Crippen molar-refractivity contribution >= 4 is 41.0 Å². The molecule has 2 aliphatic rings. The van der Waals surface area contributed by atoms with Crippen molar-refractivity contribution in [1.29, 1.82) is 0 Å². The zero-order valence-electron chi connectivity index (χ0n) is 25.8. The van der Waals surface area contributed by atoms with Gasteiger partial charge in [-0.1, -0.05) is 0 Å². The molecule has 49 heavy (non-hydrogen) atoms. The number of carboxylic acid groups (broad SMARTS) is 2. The first-order chi connectivity index (χ1) is 23.3. The zero-order valence-corrected chi connectivity index (χ0v) is 25.8. The first kappa shape index (κ1) is 34.6. The van der Waals surface area contributed by atoms with Crippen LogP contribution < -0.4 is 43.4 Å². The van der Waals surface area contributed by atoms with Crippen molar-refractivity contribution in [3.63, 3.8) is 0 Å². The number of aliphatic carboxylic acids is 2. The van der Waals surface area contributed by atoms with Gasteiger partial charge in [0, 0.05) is 43.4 Å². The number of benzene rings is 1. The minimum atomic E-state index is -1.39. The summed E-state index contributed by atoms with van der Waals surface area (Å²) in [5, 5.41) is 46.4. The van der Waals surface area contributed by atoms with Gasteiger partial charge in [-0.15, -0.1) is 0 Å². The molecule has 0 bridgehead atoms. The fourth-order valence-electron chi connectivity index (χ4n) is 5.60. The Bertz CT molecular complexity index is 1890. The van der Waals surface area contributed by atoms with Gasteiger partial charge >= 0.3 is 17.6 Å². The lowest BCUT2D eigenvalue weighted by Crippen LogP contribution is -2.51. The van der Waals surface area contributed by atoms with Crippen molar-refractivity contribution in [2.24, 2.45) is 0 Å². The molecule has 20 nitrogen and oxygen atoms in total. The summed E-state index contributed by atoms with van der Waals surface area (Å²) in [5.74, 6) is -3.21. The highest BCUT2D eigenvalue weighted by Gasteiger charge is 2.36. The molecule has 5 unspecified atom stereocenters. The number of rotatable bonds is 13. The van der Waals surface area contributed by atoms with Crippen LogP contribution in [-0.4, -0.2) is 102 Å². The molecule has 0 spiro atoms. The number of carboxylic acids is 2. The predicted molar refractivity (Wildman–Crippen MR) is 171 cm³/mol. The average molecular weight is 686 g/mol. The smallest absolute Gasteiger partial charge is 0.330 e. The van der Waals surface area contributed by atoms with Gasteiger partial charge in [-0.3, -0.25) is 33.7 Å². The van der Waals surface area contributed by atoms with Crippen LogP contribution in [0.4, 0.5) is 23.1 Å². The van der Waals surface area contributed by atoms with Crippen LogP contribution in [0, 0.1) is 0 Å². The summed E-state index contributed by atoms with van der Waals surface area (Å²) >= 11 is 0. The highest BCUT2D eigenvalue weighted by atomic mass is 16.5. The van der Waals surface area contributed by atoms with Crippen LogP contribution >= 0.6 is 0 Å². The number of hydrogen-bond donors (Lipinski definition) is 10. The van der Waals surface area contributed by atoms with Crippen molar-refractivity contribution in [3.8, 4) is 0 Å². The number of hydrogen-bond acceptors (Lipinski definition) is 14. The number of amides is 1. The van der Waals surface area contributed by atoms with E-state index < -0.39 is 78.2 Å². The van der Waals surface area contributed by atoms with Crippen molar-refractivity contribution in [3.05, 3.63) is 72.8 Å². The molecule has 0 radical (unpaired) electrons. The number of nitrogens with two attached hydrogens (primary N) is 1. The number of aliphatic hydroxyl groups is 2. The Labute approximate surface area is 275 Å². The second-order valence-electron chi connectivity index (χ2n) is 11.5. The summed E-state index contributed by atoms with van der Waals surface area (Å²) in [4.78, 5) is 84.2. The molecule has 1 aromatic carbocycles. The first-order valence-electron chi connectivity index (χ1n) is 15.1. The van der Waals surface area contributed by atoms with E-state index in [9.17, 15) is 44.1 Å². The Morgan fingerprint density at radius 1 is 1.10 bits per heavy atom. The van der Waals surface area contributed by atoms with Gasteiger partial charge in [0.2, 0.25) is 5.95 Å². The van der Waals surface area contributed by atoms with Gasteiger partial charge in [-0.25, -0.2) is 9.59 Å². The topological polar surface area (TPSA) is 307 Å². The van der Waals surface area contributed by atoms with Gasteiger partial charge in [0.15, 0.2) is 5.82 Å². The molecule has 11 N–H and O–H groups in total. The van der Waals surface area contributed by atoms with Crippen LogP contribution in [-0.2, 0) is 20.9 Å². The Morgan fingerprint density at radius 2 is 1.84 bits per heavy atom. The van der Waals surface area contributed by atoms with Crippen LogP contribution in [0.15, 0.2) is 44.8 Å². The SMILES string of the molecule is Nc1nc2c(c(=O)[nH]1)N(Cc1cn(C3CC(O)C(CO)O3)c(=O)[nH]c1=O)C(CNc1ccc(C(=O)NC(CCC(=O)O)C(=O)O)cc1)CN2. The largest absolute Gasteiger partial charge is 0.481 e. The molecule has 1 fully saturated rings. The second kappa shape index (κ2) is 14.6. The van der Waals surface area contributed by atoms with E-state index in [4.69, 9.17) is 15.6 Å². The molecule has 3 aromatic rings. The van der Waals surface area contributed by atoms with Crippen molar-refractivity contribution in [2.75, 3.05) is 41.0 Å². The van der Waals surface area contributed by atoms with Crippen LogP contribution in [0.5, 0.6) is 0 Å². The third kappa shape index (κ3) is 7.88. The van der Waals surface area contributed by atoms with Gasteiger partial charge in [0.05, 0.1) is 30.9 Å². The third-order valence-electron chi connectivity index (χ3n) is 8.16. The number of aliphatic hydroxyl groups excluding tert-OH is 2. The molecule has 5 rings (SSSR count). The van der Waals surface area contributed by atoms with E-state index >= 15 is 0 Å². The number of fused-ring (bicyclic) bond motifs is 1. The number of aromatic nitrogens is 4. The first-order valence-corrected chi connectivity index (χ1v) is 15.1. The van der Waals surface area contributed by atoms with Crippen molar-refractivity contribution in [1.82, 2.24) is 24.8 Å². The second-order valence-corrected chi connectivity index (χ2v) is 11.5. The highest BCUT2D eigenvalue weighted by molar-refractivity contribution is 5.97. The lowest BCUT2D eigenvalue weighted by atomic mass is 10.1. The number of carbonyl (C=O) groups is 3. The lowest BCUT2D eigenvalue weighted by molar-refractivity contribution is -0.140. The minimum absolute atomic E-state index is 0.00614. The van der Waals surface area contributed by atoms with Crippen molar-refractivity contribution < 1.29 is 39.5 Å². The quantitative estimate of drug-likeness (QED) is 0.0913. The Morgan fingerprint density at radius 3 is 2.49 bits per heavy atom. The molecule has 0 aliphatic carbocycles. The molecule has 1 amide bonds. The van der Waals surface area contributed by atoms with Crippen LogP contribution in [0.25, 0.3) is 0 Å². The number of nitrogens with one attached hydrogen (secondary N) is 5. The summed E-state index contributed by atoms with van der Waals surface area (Å²) in [5.41, 5.74) is 4.51. The molecular weight excluding hydrogens is 650 g/mol. The third-order valence-corrected chi connectivity index (χ3v) is 8.16. The van der Waals surface area contributed by atoms with E-state index in [1.165, 1.54) is 18.3 Å². The summed E-state index contributed by atoms with van der Waals surface area (Å²) in [6.45, 7) is -0.220. The molecule has 2 aliphatic heterocycles. The number of carbonyl (C=O) groups excluding carboxylic acids is 1.